The van der Waals surface area contributed by atoms with Gasteiger partial charge < -0.3 is 14.2 Å². The summed E-state index contributed by atoms with van der Waals surface area (Å²) in [6, 6.07) is 17.7. The molecule has 9 nitrogen and oxygen atoms in total. The zero-order chi connectivity index (χ0) is 24.1. The largest absolute Gasteiger partial charge is 0.497 e. The van der Waals surface area contributed by atoms with Crippen LogP contribution in [0.3, 0.4) is 0 Å². The van der Waals surface area contributed by atoms with Crippen molar-refractivity contribution in [2.24, 2.45) is 5.10 Å². The zero-order valence-electron chi connectivity index (χ0n) is 18.0. The summed E-state index contributed by atoms with van der Waals surface area (Å²) >= 11 is 3.41. The Kier molecular flexibility index (Phi) is 7.03. The predicted molar refractivity (Wildman–Crippen MR) is 130 cm³/mol. The quantitative estimate of drug-likeness (QED) is 0.342. The molecule has 1 heterocycles. The van der Waals surface area contributed by atoms with Gasteiger partial charge in [0.2, 0.25) is 6.79 Å². The van der Waals surface area contributed by atoms with Crippen LogP contribution in [0, 0.1) is 0 Å². The minimum atomic E-state index is -4.02. The monoisotopic (exact) mass is 545 g/mol. The van der Waals surface area contributed by atoms with Crippen molar-refractivity contribution < 1.29 is 27.4 Å². The van der Waals surface area contributed by atoms with Crippen LogP contribution in [-0.2, 0) is 14.8 Å². The molecule has 0 saturated heterocycles. The minimum Gasteiger partial charge on any atom is -0.497 e. The summed E-state index contributed by atoms with van der Waals surface area (Å²) in [6.45, 7) is -0.348. The number of methoxy groups -OCH3 is 1. The van der Waals surface area contributed by atoms with Crippen molar-refractivity contribution in [2.45, 2.75) is 4.90 Å². The Morgan fingerprint density at radius 3 is 2.47 bits per heavy atom. The number of rotatable bonds is 8. The molecule has 0 aromatic heterocycles. The molecule has 0 bridgehead atoms. The number of benzene rings is 3. The van der Waals surface area contributed by atoms with Crippen LogP contribution in [0.25, 0.3) is 0 Å². The first kappa shape index (κ1) is 23.6. The topological polar surface area (TPSA) is 107 Å². The van der Waals surface area contributed by atoms with Gasteiger partial charge in [0.25, 0.3) is 15.9 Å². The third kappa shape index (κ3) is 5.15. The first-order valence-electron chi connectivity index (χ1n) is 10.0. The number of sulfonamides is 1. The normalized spacial score (nSPS) is 12.5. The van der Waals surface area contributed by atoms with Crippen molar-refractivity contribution in [1.82, 2.24) is 5.43 Å². The van der Waals surface area contributed by atoms with Gasteiger partial charge in [0, 0.05) is 10.0 Å². The summed E-state index contributed by atoms with van der Waals surface area (Å²) < 4.78 is 44.1. The number of carbonyl (C=O) groups excluding carboxylic acids is 1. The Morgan fingerprint density at radius 2 is 1.79 bits per heavy atom. The van der Waals surface area contributed by atoms with E-state index in [-0.39, 0.29) is 11.7 Å². The van der Waals surface area contributed by atoms with E-state index in [2.05, 4.69) is 26.5 Å². The van der Waals surface area contributed by atoms with Crippen molar-refractivity contribution in [3.05, 3.63) is 76.8 Å². The van der Waals surface area contributed by atoms with E-state index in [0.717, 1.165) is 4.31 Å². The molecular formula is C23H20BrN3O6S. The molecule has 34 heavy (non-hydrogen) atoms. The van der Waals surface area contributed by atoms with Gasteiger partial charge in [0.05, 0.1) is 23.9 Å². The Bertz CT molecular complexity index is 1310. The summed E-state index contributed by atoms with van der Waals surface area (Å²) in [6.07, 6.45) is 1.42. The maximum Gasteiger partial charge on any atom is 0.264 e. The van der Waals surface area contributed by atoms with Crippen molar-refractivity contribution in [1.29, 1.82) is 0 Å². The minimum absolute atomic E-state index is 0.0615. The number of fused-ring (bicyclic) bond motifs is 1. The molecule has 11 heteroatoms. The van der Waals surface area contributed by atoms with Gasteiger partial charge in [-0.2, -0.15) is 5.10 Å². The molecule has 0 unspecified atom stereocenters. The van der Waals surface area contributed by atoms with E-state index >= 15 is 0 Å². The molecule has 4 rings (SSSR count). The highest BCUT2D eigenvalue weighted by atomic mass is 79.9. The van der Waals surface area contributed by atoms with E-state index in [9.17, 15) is 13.2 Å². The number of amides is 1. The van der Waals surface area contributed by atoms with Gasteiger partial charge in [0.1, 0.15) is 12.3 Å². The summed E-state index contributed by atoms with van der Waals surface area (Å²) in [7, 11) is -2.51. The number of hydrogen-bond acceptors (Lipinski definition) is 7. The second-order valence-electron chi connectivity index (χ2n) is 7.04. The Morgan fingerprint density at radius 1 is 1.12 bits per heavy atom. The molecule has 3 aromatic rings. The van der Waals surface area contributed by atoms with E-state index < -0.39 is 22.5 Å². The van der Waals surface area contributed by atoms with E-state index in [1.807, 2.05) is 0 Å². The van der Waals surface area contributed by atoms with Crippen LogP contribution in [-0.4, -0.2) is 41.0 Å². The number of ether oxygens (including phenoxy) is 3. The molecule has 0 spiro atoms. The van der Waals surface area contributed by atoms with Gasteiger partial charge in [-0.3, -0.25) is 9.10 Å². The standard InChI is InChI=1S/C23H20BrN3O6S/c1-31-18-9-7-17(8-10-18)27(34(29,30)19-5-3-2-4-6-19)14-23(28)26-25-13-16-11-21-22(12-20(16)24)33-15-32-21/h2-13H,14-15H2,1H3,(H,26,28)/b25-13-. The van der Waals surface area contributed by atoms with Gasteiger partial charge in [-0.15, -0.1) is 0 Å². The van der Waals surface area contributed by atoms with Gasteiger partial charge in [0.15, 0.2) is 11.5 Å². The molecule has 1 aliphatic rings. The van der Waals surface area contributed by atoms with Crippen molar-refractivity contribution in [2.75, 3.05) is 24.8 Å². The van der Waals surface area contributed by atoms with Gasteiger partial charge in [-0.1, -0.05) is 18.2 Å². The number of hydrogen-bond donors (Lipinski definition) is 1. The lowest BCUT2D eigenvalue weighted by Gasteiger charge is -2.23. The van der Waals surface area contributed by atoms with Crippen LogP contribution < -0.4 is 23.9 Å². The third-order valence-electron chi connectivity index (χ3n) is 4.86. The van der Waals surface area contributed by atoms with E-state index in [1.165, 1.54) is 25.5 Å². The Balaban J connectivity index is 1.54. The smallest absolute Gasteiger partial charge is 0.264 e. The summed E-state index contributed by atoms with van der Waals surface area (Å²) in [5.41, 5.74) is 3.33. The summed E-state index contributed by atoms with van der Waals surface area (Å²) in [5.74, 6) is 1.11. The van der Waals surface area contributed by atoms with Crippen LogP contribution in [0.5, 0.6) is 17.2 Å². The Hall–Kier alpha value is -3.57. The number of halogens is 1. The molecular weight excluding hydrogens is 526 g/mol. The molecule has 1 N–H and O–H groups in total. The number of nitrogens with zero attached hydrogens (tertiary/aromatic N) is 2. The second kappa shape index (κ2) is 10.1. The highest BCUT2D eigenvalue weighted by Crippen LogP contribution is 2.36. The van der Waals surface area contributed by atoms with Crippen LogP contribution >= 0.6 is 15.9 Å². The zero-order valence-corrected chi connectivity index (χ0v) is 20.4. The highest BCUT2D eigenvalue weighted by Gasteiger charge is 2.27. The molecule has 176 valence electrons. The van der Waals surface area contributed by atoms with Crippen molar-refractivity contribution in [3.8, 4) is 17.2 Å². The predicted octanol–water partition coefficient (Wildman–Crippen LogP) is 3.53. The lowest BCUT2D eigenvalue weighted by molar-refractivity contribution is -0.119. The SMILES string of the molecule is COc1ccc(N(CC(=O)N/N=C\c2cc3c(cc2Br)OCO3)S(=O)(=O)c2ccccc2)cc1. The van der Waals surface area contributed by atoms with Crippen LogP contribution in [0.15, 0.2) is 81.2 Å². The lowest BCUT2D eigenvalue weighted by Crippen LogP contribution is -2.39. The molecule has 0 aliphatic carbocycles. The van der Waals surface area contributed by atoms with E-state index in [1.54, 1.807) is 54.6 Å². The van der Waals surface area contributed by atoms with Crippen LogP contribution in [0.2, 0.25) is 0 Å². The molecule has 0 fully saturated rings. The fraction of sp³-hybridized carbons (Fsp3) is 0.130. The average Bonchev–Trinajstić information content (AvgIpc) is 3.30. The van der Waals surface area contributed by atoms with Crippen LogP contribution in [0.4, 0.5) is 5.69 Å². The number of carbonyl (C=O) groups is 1. The lowest BCUT2D eigenvalue weighted by atomic mass is 10.2. The molecule has 0 radical (unpaired) electrons. The van der Waals surface area contributed by atoms with Gasteiger partial charge in [-0.05, 0) is 64.5 Å². The third-order valence-corrected chi connectivity index (χ3v) is 7.34. The highest BCUT2D eigenvalue weighted by molar-refractivity contribution is 9.10. The second-order valence-corrected chi connectivity index (χ2v) is 9.76. The van der Waals surface area contributed by atoms with E-state index in [0.29, 0.717) is 33.0 Å². The van der Waals surface area contributed by atoms with Gasteiger partial charge in [-0.25, -0.2) is 13.8 Å². The summed E-state index contributed by atoms with van der Waals surface area (Å²) in [5, 5.41) is 3.96. The molecule has 1 amide bonds. The number of nitrogens with one attached hydrogen (secondary N) is 1. The molecule has 1 aliphatic heterocycles. The first-order chi connectivity index (χ1) is 16.4. The van der Waals surface area contributed by atoms with Crippen molar-refractivity contribution >= 4 is 43.8 Å². The average molecular weight is 546 g/mol. The fourth-order valence-corrected chi connectivity index (χ4v) is 5.02. The fourth-order valence-electron chi connectivity index (χ4n) is 3.15. The number of hydrazone groups is 1. The molecule has 0 atom stereocenters. The Labute approximate surface area is 205 Å². The summed E-state index contributed by atoms with van der Waals surface area (Å²) in [4.78, 5) is 12.7. The maximum absolute atomic E-state index is 13.3. The molecule has 0 saturated carbocycles. The number of anilines is 1. The van der Waals surface area contributed by atoms with Crippen molar-refractivity contribution in [3.63, 3.8) is 0 Å². The van der Waals surface area contributed by atoms with Gasteiger partial charge >= 0.3 is 0 Å². The maximum atomic E-state index is 13.3. The molecule has 3 aromatic carbocycles. The van der Waals surface area contributed by atoms with Crippen LogP contribution in [0.1, 0.15) is 5.56 Å². The van der Waals surface area contributed by atoms with E-state index in [4.69, 9.17) is 14.2 Å². The first-order valence-corrected chi connectivity index (χ1v) is 12.2.